The van der Waals surface area contributed by atoms with E-state index in [0.29, 0.717) is 42.9 Å². The fourth-order valence-corrected chi connectivity index (χ4v) is 4.52. The Kier molecular flexibility index (Phi) is 10.8. The molecule has 1 aromatic heterocycles. The number of ether oxygens (including phenoxy) is 2. The Morgan fingerprint density at radius 1 is 0.950 bits per heavy atom. The molecule has 1 heterocycles. The zero-order valence-corrected chi connectivity index (χ0v) is 24.1. The maximum absolute atomic E-state index is 13.9. The third kappa shape index (κ3) is 8.13. The molecule has 0 amide bonds. The van der Waals surface area contributed by atoms with E-state index in [-0.39, 0.29) is 0 Å². The van der Waals surface area contributed by atoms with Crippen LogP contribution in [0.5, 0.6) is 11.5 Å². The number of likely N-dealkylation sites (N-methyl/N-ethyl adjacent to an activating group) is 1. The van der Waals surface area contributed by atoms with Crippen LogP contribution in [-0.2, 0) is 19.5 Å². The zero-order valence-electron chi connectivity index (χ0n) is 24.1. The fourth-order valence-electron chi connectivity index (χ4n) is 4.52. The van der Waals surface area contributed by atoms with Gasteiger partial charge in [-0.2, -0.15) is 0 Å². The smallest absolute Gasteiger partial charge is 0.150 e. The molecule has 3 rings (SSSR count). The third-order valence-corrected chi connectivity index (χ3v) is 6.57. The van der Waals surface area contributed by atoms with Gasteiger partial charge in [0.2, 0.25) is 0 Å². The molecule has 0 aliphatic rings. The summed E-state index contributed by atoms with van der Waals surface area (Å²) in [4.78, 5) is 22.5. The van der Waals surface area contributed by atoms with Gasteiger partial charge in [-0.3, -0.25) is 15.2 Å². The first-order chi connectivity index (χ1) is 19.2. The summed E-state index contributed by atoms with van der Waals surface area (Å²) in [6.07, 6.45) is 7.55. The van der Waals surface area contributed by atoms with Crippen LogP contribution in [0.15, 0.2) is 55.0 Å². The van der Waals surface area contributed by atoms with E-state index in [1.807, 2.05) is 62.5 Å². The number of pyridine rings is 1. The Bertz CT molecular complexity index is 1340. The first-order valence-electron chi connectivity index (χ1n) is 12.9. The maximum Gasteiger partial charge on any atom is 0.150 e. The first kappa shape index (κ1) is 30.3. The van der Waals surface area contributed by atoms with Crippen LogP contribution in [0.2, 0.25) is 0 Å². The molecule has 0 aliphatic heterocycles. The summed E-state index contributed by atoms with van der Waals surface area (Å²) < 4.78 is 24.7. The number of nitrogens with one attached hydrogen (secondary N) is 1. The van der Waals surface area contributed by atoms with E-state index in [2.05, 4.69) is 9.88 Å². The molecule has 1 N–H and O–H groups in total. The number of benzene rings is 2. The van der Waals surface area contributed by atoms with Crippen molar-refractivity contribution in [1.29, 1.82) is 5.41 Å². The average molecular weight is 548 g/mol. The Hall–Kier alpha value is -4.24. The van der Waals surface area contributed by atoms with Gasteiger partial charge in [-0.25, -0.2) is 4.39 Å². The van der Waals surface area contributed by atoms with Crippen molar-refractivity contribution in [3.8, 4) is 22.8 Å². The predicted molar refractivity (Wildman–Crippen MR) is 156 cm³/mol. The summed E-state index contributed by atoms with van der Waals surface area (Å²) in [5.74, 6) is 1.06. The van der Waals surface area contributed by atoms with E-state index in [0.717, 1.165) is 40.0 Å². The highest BCUT2D eigenvalue weighted by Crippen LogP contribution is 2.30. The number of aromatic nitrogens is 1. The second kappa shape index (κ2) is 14.2. The number of aldehydes is 1. The fraction of sp³-hybridized carbons (Fsp3) is 0.323. The molecule has 0 unspecified atom stereocenters. The monoisotopic (exact) mass is 547 g/mol. The summed E-state index contributed by atoms with van der Waals surface area (Å²) in [5, 5.41) is 7.32. The molecule has 0 saturated carbocycles. The highest BCUT2D eigenvalue weighted by Gasteiger charge is 2.17. The SMILES string of the molecule is COc1cc(CN(C)CCc2c(C=O)cc(CN(C)/C=C\N(C)C=N)cc2-c2ncc(F)cc2C)cc(OC)c1. The van der Waals surface area contributed by atoms with Crippen molar-refractivity contribution < 1.29 is 18.7 Å². The van der Waals surface area contributed by atoms with Gasteiger partial charge < -0.3 is 24.2 Å². The molecule has 0 spiro atoms. The van der Waals surface area contributed by atoms with Crippen LogP contribution in [0, 0.1) is 18.2 Å². The summed E-state index contributed by atoms with van der Waals surface area (Å²) >= 11 is 0. The number of carbonyl (C=O) groups is 1. The number of nitrogens with zero attached hydrogens (tertiary/aromatic N) is 4. The third-order valence-electron chi connectivity index (χ3n) is 6.57. The second-order valence-corrected chi connectivity index (χ2v) is 9.86. The molecule has 0 fully saturated rings. The molecule has 0 aliphatic carbocycles. The standard InChI is InChI=1S/C31H38FN5O3/c1-22-11-26(32)17-34-31(22)30-15-23(18-36(3)9-10-37(4)21-33)12-25(20-38)29(30)7-8-35(2)19-24-13-27(39-5)16-28(14-24)40-6/h9-17,20-21,33H,7-8,18-19H2,1-6H3/b10-9-,33-21?. The molecule has 0 radical (unpaired) electrons. The number of rotatable bonds is 14. The molecule has 40 heavy (non-hydrogen) atoms. The topological polar surface area (TPSA) is 82.0 Å². The number of aryl methyl sites for hydroxylation is 1. The Balaban J connectivity index is 1.93. The summed E-state index contributed by atoms with van der Waals surface area (Å²) in [6.45, 7) is 3.69. The van der Waals surface area contributed by atoms with Crippen LogP contribution in [0.4, 0.5) is 4.39 Å². The molecule has 3 aromatic rings. The van der Waals surface area contributed by atoms with Crippen LogP contribution < -0.4 is 9.47 Å². The summed E-state index contributed by atoms with van der Waals surface area (Å²) in [7, 11) is 8.98. The highest BCUT2D eigenvalue weighted by atomic mass is 19.1. The molecular formula is C31H38FN5O3. The van der Waals surface area contributed by atoms with Gasteiger partial charge in [0.1, 0.15) is 23.6 Å². The van der Waals surface area contributed by atoms with Crippen molar-refractivity contribution >= 4 is 12.6 Å². The normalized spacial score (nSPS) is 11.1. The van der Waals surface area contributed by atoms with E-state index in [4.69, 9.17) is 14.9 Å². The quantitative estimate of drug-likeness (QED) is 0.170. The van der Waals surface area contributed by atoms with Crippen molar-refractivity contribution in [2.45, 2.75) is 26.4 Å². The lowest BCUT2D eigenvalue weighted by molar-refractivity contribution is 0.112. The highest BCUT2D eigenvalue weighted by molar-refractivity contribution is 5.83. The van der Waals surface area contributed by atoms with Crippen molar-refractivity contribution in [1.82, 2.24) is 19.7 Å². The van der Waals surface area contributed by atoms with Crippen LogP contribution in [0.1, 0.15) is 32.6 Å². The second-order valence-electron chi connectivity index (χ2n) is 9.86. The van der Waals surface area contributed by atoms with E-state index in [9.17, 15) is 9.18 Å². The van der Waals surface area contributed by atoms with Crippen LogP contribution in [0.3, 0.4) is 0 Å². The number of hydrogen-bond acceptors (Lipinski definition) is 7. The van der Waals surface area contributed by atoms with Crippen molar-refractivity contribution in [3.63, 3.8) is 0 Å². The van der Waals surface area contributed by atoms with Gasteiger partial charge >= 0.3 is 0 Å². The van der Waals surface area contributed by atoms with Crippen molar-refractivity contribution in [3.05, 3.63) is 88.6 Å². The van der Waals surface area contributed by atoms with E-state index in [1.54, 1.807) is 32.4 Å². The number of hydrogen-bond donors (Lipinski definition) is 1. The minimum Gasteiger partial charge on any atom is -0.497 e. The lowest BCUT2D eigenvalue weighted by atomic mass is 9.91. The number of carbonyl (C=O) groups excluding carboxylic acids is 1. The van der Waals surface area contributed by atoms with Gasteiger partial charge in [0.25, 0.3) is 0 Å². The molecule has 8 nitrogen and oxygen atoms in total. The molecule has 9 heteroatoms. The maximum atomic E-state index is 13.9. The van der Waals surface area contributed by atoms with Crippen LogP contribution in [-0.4, -0.2) is 74.2 Å². The van der Waals surface area contributed by atoms with Gasteiger partial charge in [0.15, 0.2) is 0 Å². The molecular weight excluding hydrogens is 509 g/mol. The van der Waals surface area contributed by atoms with Crippen molar-refractivity contribution in [2.75, 3.05) is 41.9 Å². The van der Waals surface area contributed by atoms with Crippen LogP contribution in [0.25, 0.3) is 11.3 Å². The first-order valence-corrected chi connectivity index (χ1v) is 12.9. The van der Waals surface area contributed by atoms with Crippen LogP contribution >= 0.6 is 0 Å². The van der Waals surface area contributed by atoms with Gasteiger partial charge in [0, 0.05) is 63.3 Å². The van der Waals surface area contributed by atoms with Gasteiger partial charge in [-0.15, -0.1) is 0 Å². The van der Waals surface area contributed by atoms with Gasteiger partial charge in [0.05, 0.1) is 32.4 Å². The lowest BCUT2D eigenvalue weighted by Gasteiger charge is -2.22. The molecule has 2 aromatic carbocycles. The predicted octanol–water partition coefficient (Wildman–Crippen LogP) is 5.14. The zero-order chi connectivity index (χ0) is 29.2. The molecule has 0 saturated heterocycles. The molecule has 212 valence electrons. The van der Waals surface area contributed by atoms with Gasteiger partial charge in [-0.1, -0.05) is 0 Å². The number of methoxy groups -OCH3 is 2. The Morgan fingerprint density at radius 2 is 1.62 bits per heavy atom. The average Bonchev–Trinajstić information content (AvgIpc) is 2.94. The van der Waals surface area contributed by atoms with E-state index < -0.39 is 5.82 Å². The Morgan fingerprint density at radius 3 is 2.23 bits per heavy atom. The van der Waals surface area contributed by atoms with E-state index >= 15 is 0 Å². The number of halogens is 1. The van der Waals surface area contributed by atoms with E-state index in [1.165, 1.54) is 18.6 Å². The lowest BCUT2D eigenvalue weighted by Crippen LogP contribution is -2.22. The summed E-state index contributed by atoms with van der Waals surface area (Å²) in [6, 6.07) is 11.2. The Labute approximate surface area is 236 Å². The summed E-state index contributed by atoms with van der Waals surface area (Å²) in [5.41, 5.74) is 5.61. The minimum atomic E-state index is -0.400. The largest absolute Gasteiger partial charge is 0.497 e. The molecule has 0 bridgehead atoms. The van der Waals surface area contributed by atoms with Gasteiger partial charge in [-0.05, 0) is 73.0 Å². The van der Waals surface area contributed by atoms with Crippen molar-refractivity contribution in [2.24, 2.45) is 0 Å². The minimum absolute atomic E-state index is 0.400. The molecule has 0 atom stereocenters.